The number of likely N-dealkylation sites (tertiary alicyclic amines) is 2. The van der Waals surface area contributed by atoms with Crippen LogP contribution in [0, 0.1) is 0 Å². The topological polar surface area (TPSA) is 28.2 Å². The number of likely N-dealkylation sites (N-methyl/N-ethyl adjacent to an activating group) is 1. The molecule has 0 unspecified atom stereocenters. The van der Waals surface area contributed by atoms with Crippen LogP contribution in [0.15, 0.2) is 0 Å². The zero-order valence-corrected chi connectivity index (χ0v) is 32.1. The molecule has 4 rings (SSSR count). The Balaban J connectivity index is -0.0000000911. The second-order valence-electron chi connectivity index (χ2n) is 11.6. The molecule has 3 saturated heterocycles. The molecule has 270 valence electrons. The molecule has 0 aromatic heterocycles. The molecule has 1 saturated carbocycles. The van der Waals surface area contributed by atoms with Crippen LogP contribution in [-0.2, 0) is 9.47 Å². The number of methoxy groups -OCH3 is 1. The van der Waals surface area contributed by atoms with Crippen LogP contribution in [0.25, 0.3) is 0 Å². The number of hydrogen-bond donors (Lipinski definition) is 0. The average molecular weight is 622 g/mol. The van der Waals surface area contributed by atoms with Crippen molar-refractivity contribution in [3.8, 4) is 0 Å². The van der Waals surface area contributed by atoms with Gasteiger partial charge in [-0.1, -0.05) is 140 Å². The first kappa shape index (κ1) is 55.2. The van der Waals surface area contributed by atoms with E-state index >= 15 is 0 Å². The molecule has 0 spiro atoms. The maximum atomic E-state index is 5.10. The Labute approximate surface area is 277 Å². The standard InChI is InChI=1S/C6H13N.C5H11NO.C5H11N.C4H8.3C4H10.C3H8.C2H6O.CH4/c1-2-7-5-3-4-6-7;1-6-2-4-7-5-3-6;1-6-4-2-3-5-6;1-2-4-3-1;3*1-3-4-2;2*1-3-2;/h2-6H2,1H3;2-5H2,1H3;2-5H2,1H3;1-4H2;3*3-4H2,1-2H3;3H2,1-2H3;1-2H3;1H4. The molecule has 0 radical (unpaired) electrons. The van der Waals surface area contributed by atoms with Gasteiger partial charge in [-0.05, 0) is 72.5 Å². The molecule has 0 aromatic rings. The van der Waals surface area contributed by atoms with Crippen molar-refractivity contribution < 1.29 is 9.47 Å². The summed E-state index contributed by atoms with van der Waals surface area (Å²) in [7, 11) is 7.54. The summed E-state index contributed by atoms with van der Waals surface area (Å²) in [5.74, 6) is 0. The molecule has 3 heterocycles. The Morgan fingerprint density at radius 2 is 0.721 bits per heavy atom. The summed E-state index contributed by atoms with van der Waals surface area (Å²) in [6.45, 7) is 30.2. The van der Waals surface area contributed by atoms with Gasteiger partial charge in [0.2, 0.25) is 0 Å². The molecule has 4 aliphatic rings. The Morgan fingerprint density at radius 1 is 0.465 bits per heavy atom. The van der Waals surface area contributed by atoms with Gasteiger partial charge in [-0.3, -0.25) is 0 Å². The Hall–Kier alpha value is -0.200. The summed E-state index contributed by atoms with van der Waals surface area (Å²) >= 11 is 0. The lowest BCUT2D eigenvalue weighted by atomic mass is 10.0. The molecule has 4 fully saturated rings. The highest BCUT2D eigenvalue weighted by molar-refractivity contribution is 4.62. The molecular formula is C38H91N3O2. The fraction of sp³-hybridized carbons (Fsp3) is 1.00. The molecule has 3 aliphatic heterocycles. The summed E-state index contributed by atoms with van der Waals surface area (Å²) < 4.78 is 9.35. The Kier molecular flexibility index (Phi) is 73.8. The van der Waals surface area contributed by atoms with E-state index < -0.39 is 0 Å². The van der Waals surface area contributed by atoms with E-state index in [0.29, 0.717) is 0 Å². The first-order valence-electron chi connectivity index (χ1n) is 18.4. The number of nitrogens with zero attached hydrogens (tertiary/aromatic N) is 3. The number of ether oxygens (including phenoxy) is 2. The molecule has 0 atom stereocenters. The maximum absolute atomic E-state index is 5.10. The van der Waals surface area contributed by atoms with Crippen molar-refractivity contribution in [3.63, 3.8) is 0 Å². The van der Waals surface area contributed by atoms with Gasteiger partial charge in [0, 0.05) is 27.3 Å². The summed E-state index contributed by atoms with van der Waals surface area (Å²) in [6.07, 6.45) is 20.8. The van der Waals surface area contributed by atoms with Crippen molar-refractivity contribution in [2.75, 3.05) is 87.3 Å². The third kappa shape index (κ3) is 69.8. The van der Waals surface area contributed by atoms with Crippen LogP contribution in [0.1, 0.15) is 166 Å². The summed E-state index contributed by atoms with van der Waals surface area (Å²) in [6, 6.07) is 0. The third-order valence-electron chi connectivity index (χ3n) is 6.71. The number of rotatable bonds is 4. The lowest BCUT2D eigenvalue weighted by molar-refractivity contribution is 0.0503. The van der Waals surface area contributed by atoms with Gasteiger partial charge in [0.05, 0.1) is 13.2 Å². The van der Waals surface area contributed by atoms with Crippen molar-refractivity contribution in [1.82, 2.24) is 14.7 Å². The van der Waals surface area contributed by atoms with Crippen LogP contribution in [0.2, 0.25) is 0 Å². The highest BCUT2D eigenvalue weighted by Crippen LogP contribution is 2.15. The summed E-state index contributed by atoms with van der Waals surface area (Å²) in [5.41, 5.74) is 0. The van der Waals surface area contributed by atoms with Crippen molar-refractivity contribution in [2.24, 2.45) is 0 Å². The first-order chi connectivity index (χ1) is 20.3. The Morgan fingerprint density at radius 3 is 0.837 bits per heavy atom. The third-order valence-corrected chi connectivity index (χ3v) is 6.71. The fourth-order valence-electron chi connectivity index (χ4n) is 2.88. The van der Waals surface area contributed by atoms with Crippen molar-refractivity contribution in [1.29, 1.82) is 0 Å². The van der Waals surface area contributed by atoms with Gasteiger partial charge in [-0.15, -0.1) is 0 Å². The van der Waals surface area contributed by atoms with Crippen molar-refractivity contribution >= 4 is 0 Å². The zero-order valence-electron chi connectivity index (χ0n) is 32.1. The molecule has 5 heteroatoms. The van der Waals surface area contributed by atoms with E-state index in [1.165, 1.54) is 129 Å². The fourth-order valence-corrected chi connectivity index (χ4v) is 2.88. The predicted octanol–water partition coefficient (Wildman–Crippen LogP) is 11.1. The monoisotopic (exact) mass is 622 g/mol. The molecule has 0 aromatic carbocycles. The van der Waals surface area contributed by atoms with Crippen LogP contribution >= 0.6 is 0 Å². The quantitative estimate of drug-likeness (QED) is 0.311. The smallest absolute Gasteiger partial charge is 0.0594 e. The molecule has 0 bridgehead atoms. The van der Waals surface area contributed by atoms with E-state index in [9.17, 15) is 0 Å². The number of hydrogen-bond acceptors (Lipinski definition) is 5. The molecule has 43 heavy (non-hydrogen) atoms. The van der Waals surface area contributed by atoms with Crippen LogP contribution in [0.5, 0.6) is 0 Å². The van der Waals surface area contributed by atoms with Crippen molar-refractivity contribution in [3.05, 3.63) is 0 Å². The highest BCUT2D eigenvalue weighted by atomic mass is 16.5. The van der Waals surface area contributed by atoms with Gasteiger partial charge < -0.3 is 24.2 Å². The zero-order chi connectivity index (χ0) is 33.1. The van der Waals surface area contributed by atoms with Crippen LogP contribution in [0.3, 0.4) is 0 Å². The SMILES string of the molecule is C.C1CCC1.CCC.CCCC.CCCC.CCCC.CCN1CCCC1.CN1CCCC1.CN1CCOCC1.COC. The van der Waals surface area contributed by atoms with E-state index in [4.69, 9.17) is 4.74 Å². The summed E-state index contributed by atoms with van der Waals surface area (Å²) in [4.78, 5) is 7.11. The van der Waals surface area contributed by atoms with E-state index in [1.807, 2.05) is 0 Å². The minimum Gasteiger partial charge on any atom is -0.388 e. The Bertz CT molecular complexity index is 343. The van der Waals surface area contributed by atoms with E-state index in [1.54, 1.807) is 14.2 Å². The first-order valence-corrected chi connectivity index (χ1v) is 18.4. The molecule has 0 N–H and O–H groups in total. The lowest BCUT2D eigenvalue weighted by Gasteiger charge is -2.21. The molecular weight excluding hydrogens is 530 g/mol. The van der Waals surface area contributed by atoms with Crippen molar-refractivity contribution in [2.45, 2.75) is 166 Å². The number of morpholine rings is 1. The van der Waals surface area contributed by atoms with Gasteiger partial charge in [0.1, 0.15) is 0 Å². The minimum atomic E-state index is 0. The normalized spacial score (nSPS) is 16.7. The molecule has 0 amide bonds. The van der Waals surface area contributed by atoms with Gasteiger partial charge in [0.25, 0.3) is 0 Å². The largest absolute Gasteiger partial charge is 0.388 e. The van der Waals surface area contributed by atoms with Crippen LogP contribution in [0.4, 0.5) is 0 Å². The predicted molar refractivity (Wildman–Crippen MR) is 202 cm³/mol. The molecule has 5 nitrogen and oxygen atoms in total. The van der Waals surface area contributed by atoms with Gasteiger partial charge in [-0.25, -0.2) is 0 Å². The van der Waals surface area contributed by atoms with Crippen LogP contribution in [-0.4, -0.2) is 102 Å². The van der Waals surface area contributed by atoms with Gasteiger partial charge in [0.15, 0.2) is 0 Å². The lowest BCUT2D eigenvalue weighted by Crippen LogP contribution is -2.32. The highest BCUT2D eigenvalue weighted by Gasteiger charge is 2.07. The summed E-state index contributed by atoms with van der Waals surface area (Å²) in [5, 5.41) is 0. The van der Waals surface area contributed by atoms with E-state index in [-0.39, 0.29) is 7.43 Å². The minimum absolute atomic E-state index is 0. The second-order valence-corrected chi connectivity index (χ2v) is 11.6. The molecule has 1 aliphatic carbocycles. The number of unbranched alkanes of at least 4 members (excludes halogenated alkanes) is 3. The average Bonchev–Trinajstić information content (AvgIpc) is 3.69. The second kappa shape index (κ2) is 57.5. The maximum Gasteiger partial charge on any atom is 0.0594 e. The van der Waals surface area contributed by atoms with Crippen LogP contribution < -0.4 is 0 Å². The van der Waals surface area contributed by atoms with Gasteiger partial charge in [-0.2, -0.15) is 0 Å². The van der Waals surface area contributed by atoms with E-state index in [0.717, 1.165) is 26.3 Å². The van der Waals surface area contributed by atoms with E-state index in [2.05, 4.69) is 95.8 Å². The van der Waals surface area contributed by atoms with Gasteiger partial charge >= 0.3 is 0 Å².